The number of imidazole rings is 1. The van der Waals surface area contributed by atoms with Crippen molar-refractivity contribution in [3.8, 4) is 5.95 Å². The number of hydrogen-bond donors (Lipinski definition) is 2. The zero-order chi connectivity index (χ0) is 13.4. The highest BCUT2D eigenvalue weighted by Gasteiger charge is 2.14. The van der Waals surface area contributed by atoms with Gasteiger partial charge < -0.3 is 9.72 Å². The van der Waals surface area contributed by atoms with E-state index in [1.54, 1.807) is 0 Å². The van der Waals surface area contributed by atoms with Crippen LogP contribution in [0.1, 0.15) is 10.5 Å². The second kappa shape index (κ2) is 4.13. The molecule has 0 aliphatic carbocycles. The van der Waals surface area contributed by atoms with Gasteiger partial charge in [-0.2, -0.15) is 4.68 Å². The first-order chi connectivity index (χ1) is 9.19. The predicted octanol–water partition coefficient (Wildman–Crippen LogP) is 0.828. The molecule has 0 spiro atoms. The average Bonchev–Trinajstić information content (AvgIpc) is 3.00. The number of benzene rings is 1. The summed E-state index contributed by atoms with van der Waals surface area (Å²) in [7, 11) is 1.25. The second-order valence-corrected chi connectivity index (χ2v) is 3.91. The number of nitrogens with one attached hydrogen (secondary N) is 2. The SMILES string of the molecule is COC(=O)c1cc(=O)n(-c2nc3ccccc3[nH]2)[nH]1. The topological polar surface area (TPSA) is 92.8 Å². The molecule has 0 amide bonds. The van der Waals surface area contributed by atoms with Crippen molar-refractivity contribution in [2.45, 2.75) is 0 Å². The third kappa shape index (κ3) is 1.81. The van der Waals surface area contributed by atoms with E-state index in [4.69, 9.17) is 0 Å². The lowest BCUT2D eigenvalue weighted by molar-refractivity contribution is 0.0593. The van der Waals surface area contributed by atoms with E-state index in [2.05, 4.69) is 19.8 Å². The van der Waals surface area contributed by atoms with Gasteiger partial charge in [-0.3, -0.25) is 9.89 Å². The Morgan fingerprint density at radius 1 is 1.37 bits per heavy atom. The first-order valence-electron chi connectivity index (χ1n) is 5.54. The largest absolute Gasteiger partial charge is 0.464 e. The summed E-state index contributed by atoms with van der Waals surface area (Å²) in [5, 5.41) is 2.65. The van der Waals surface area contributed by atoms with Crippen molar-refractivity contribution in [1.82, 2.24) is 19.7 Å². The quantitative estimate of drug-likeness (QED) is 0.666. The van der Waals surface area contributed by atoms with E-state index in [9.17, 15) is 9.59 Å². The lowest BCUT2D eigenvalue weighted by Crippen LogP contribution is -2.14. The van der Waals surface area contributed by atoms with Crippen LogP contribution in [0.2, 0.25) is 0 Å². The number of nitrogens with zero attached hydrogens (tertiary/aromatic N) is 2. The zero-order valence-corrected chi connectivity index (χ0v) is 10.0. The highest BCUT2D eigenvalue weighted by molar-refractivity contribution is 5.87. The van der Waals surface area contributed by atoms with E-state index in [0.717, 1.165) is 15.7 Å². The van der Waals surface area contributed by atoms with Gasteiger partial charge in [0.2, 0.25) is 5.95 Å². The van der Waals surface area contributed by atoms with Gasteiger partial charge in [-0.15, -0.1) is 0 Å². The van der Waals surface area contributed by atoms with Gasteiger partial charge in [0.05, 0.1) is 18.1 Å². The van der Waals surface area contributed by atoms with Crippen molar-refractivity contribution in [2.24, 2.45) is 0 Å². The van der Waals surface area contributed by atoms with Crippen LogP contribution < -0.4 is 5.56 Å². The van der Waals surface area contributed by atoms with Crippen molar-refractivity contribution >= 4 is 17.0 Å². The molecule has 3 aromatic rings. The van der Waals surface area contributed by atoms with E-state index < -0.39 is 5.97 Å². The van der Waals surface area contributed by atoms with Crippen molar-refractivity contribution in [3.05, 3.63) is 46.4 Å². The number of aromatic amines is 2. The number of rotatable bonds is 2. The van der Waals surface area contributed by atoms with E-state index >= 15 is 0 Å². The molecule has 0 atom stereocenters. The number of fused-ring (bicyclic) bond motifs is 1. The number of carbonyl (C=O) groups is 1. The van der Waals surface area contributed by atoms with Crippen LogP contribution in [0.5, 0.6) is 0 Å². The van der Waals surface area contributed by atoms with Crippen molar-refractivity contribution in [3.63, 3.8) is 0 Å². The van der Waals surface area contributed by atoms with Crippen LogP contribution in [0.25, 0.3) is 17.0 Å². The molecular weight excluding hydrogens is 248 g/mol. The summed E-state index contributed by atoms with van der Waals surface area (Å²) in [5.41, 5.74) is 1.23. The summed E-state index contributed by atoms with van der Waals surface area (Å²) >= 11 is 0. The number of methoxy groups -OCH3 is 1. The van der Waals surface area contributed by atoms with Crippen LogP contribution >= 0.6 is 0 Å². The third-order valence-electron chi connectivity index (χ3n) is 2.71. The van der Waals surface area contributed by atoms with Crippen LogP contribution in [0, 0.1) is 0 Å². The Morgan fingerprint density at radius 2 is 2.16 bits per heavy atom. The molecule has 0 saturated carbocycles. The molecule has 2 heterocycles. The maximum atomic E-state index is 11.8. The molecule has 0 fully saturated rings. The number of esters is 1. The van der Waals surface area contributed by atoms with Gasteiger partial charge in [0.1, 0.15) is 5.69 Å². The lowest BCUT2D eigenvalue weighted by Gasteiger charge is -1.96. The number of aromatic nitrogens is 4. The molecule has 1 aromatic carbocycles. The summed E-state index contributed by atoms with van der Waals surface area (Å²) in [6.45, 7) is 0. The molecule has 0 unspecified atom stereocenters. The predicted molar refractivity (Wildman–Crippen MR) is 67.4 cm³/mol. The highest BCUT2D eigenvalue weighted by atomic mass is 16.5. The fourth-order valence-corrected chi connectivity index (χ4v) is 1.81. The molecule has 7 nitrogen and oxygen atoms in total. The number of ether oxygens (including phenoxy) is 1. The lowest BCUT2D eigenvalue weighted by atomic mass is 10.3. The van der Waals surface area contributed by atoms with Crippen molar-refractivity contribution in [1.29, 1.82) is 0 Å². The molecule has 2 N–H and O–H groups in total. The Balaban J connectivity index is 2.13. The first kappa shape index (κ1) is 11.3. The van der Waals surface area contributed by atoms with Gasteiger partial charge in [0.15, 0.2) is 0 Å². The minimum atomic E-state index is -0.605. The molecule has 0 saturated heterocycles. The Labute approximate surface area is 106 Å². The Morgan fingerprint density at radius 3 is 2.89 bits per heavy atom. The first-order valence-corrected chi connectivity index (χ1v) is 5.54. The van der Waals surface area contributed by atoms with Crippen LogP contribution in [-0.2, 0) is 4.74 Å². The third-order valence-corrected chi connectivity index (χ3v) is 2.71. The minimum absolute atomic E-state index is 0.0768. The van der Waals surface area contributed by atoms with E-state index in [1.807, 2.05) is 24.3 Å². The Hall–Kier alpha value is -2.83. The standard InChI is InChI=1S/C12H10N4O3/c1-19-11(18)9-6-10(17)16(15-9)12-13-7-4-2-3-5-8(7)14-12/h2-6,15H,1H3,(H,13,14). The van der Waals surface area contributed by atoms with E-state index in [1.165, 1.54) is 13.2 Å². The zero-order valence-electron chi connectivity index (χ0n) is 10.0. The van der Waals surface area contributed by atoms with Gasteiger partial charge >= 0.3 is 5.97 Å². The van der Waals surface area contributed by atoms with Crippen LogP contribution in [0.4, 0.5) is 0 Å². The molecule has 3 rings (SSSR count). The average molecular weight is 258 g/mol. The number of carbonyl (C=O) groups excluding carboxylic acids is 1. The van der Waals surface area contributed by atoms with Crippen LogP contribution in [0.15, 0.2) is 35.1 Å². The van der Waals surface area contributed by atoms with Crippen LogP contribution in [-0.4, -0.2) is 32.8 Å². The Kier molecular flexibility index (Phi) is 2.45. The number of para-hydroxylation sites is 2. The summed E-state index contributed by atoms with van der Waals surface area (Å²) in [5.74, 6) is -0.284. The molecule has 0 aliphatic heterocycles. The van der Waals surface area contributed by atoms with Gasteiger partial charge in [-0.25, -0.2) is 9.78 Å². The van der Waals surface area contributed by atoms with E-state index in [-0.39, 0.29) is 11.3 Å². The van der Waals surface area contributed by atoms with Crippen molar-refractivity contribution in [2.75, 3.05) is 7.11 Å². The monoisotopic (exact) mass is 258 g/mol. The maximum Gasteiger partial charge on any atom is 0.356 e. The number of hydrogen-bond acceptors (Lipinski definition) is 4. The molecule has 7 heteroatoms. The summed E-state index contributed by atoms with van der Waals surface area (Å²) in [6, 6.07) is 8.55. The smallest absolute Gasteiger partial charge is 0.356 e. The number of H-pyrrole nitrogens is 2. The molecule has 2 aromatic heterocycles. The summed E-state index contributed by atoms with van der Waals surface area (Å²) in [6.07, 6.45) is 0. The molecule has 0 aliphatic rings. The van der Waals surface area contributed by atoms with Crippen molar-refractivity contribution < 1.29 is 9.53 Å². The molecule has 96 valence electrons. The Bertz CT molecular complexity index is 779. The normalized spacial score (nSPS) is 10.8. The highest BCUT2D eigenvalue weighted by Crippen LogP contribution is 2.11. The minimum Gasteiger partial charge on any atom is -0.464 e. The summed E-state index contributed by atoms with van der Waals surface area (Å²) in [4.78, 5) is 30.4. The van der Waals surface area contributed by atoms with E-state index in [0.29, 0.717) is 5.95 Å². The van der Waals surface area contributed by atoms with Gasteiger partial charge in [0.25, 0.3) is 5.56 Å². The molecule has 19 heavy (non-hydrogen) atoms. The second-order valence-electron chi connectivity index (χ2n) is 3.91. The molecule has 0 radical (unpaired) electrons. The summed E-state index contributed by atoms with van der Waals surface area (Å²) < 4.78 is 5.71. The van der Waals surface area contributed by atoms with Gasteiger partial charge in [0, 0.05) is 6.07 Å². The molecule has 0 bridgehead atoms. The fourth-order valence-electron chi connectivity index (χ4n) is 1.81. The van der Waals surface area contributed by atoms with Gasteiger partial charge in [-0.05, 0) is 12.1 Å². The maximum absolute atomic E-state index is 11.8. The molecular formula is C12H10N4O3. The fraction of sp³-hybridized carbons (Fsp3) is 0.0833. The van der Waals surface area contributed by atoms with Crippen LogP contribution in [0.3, 0.4) is 0 Å². The van der Waals surface area contributed by atoms with Gasteiger partial charge in [-0.1, -0.05) is 12.1 Å².